The minimum absolute atomic E-state index is 0. The lowest BCUT2D eigenvalue weighted by molar-refractivity contribution is -0.161. The number of ether oxygens (including phenoxy) is 5. The summed E-state index contributed by atoms with van der Waals surface area (Å²) in [6.07, 6.45) is -4.52. The first kappa shape index (κ1) is 76.6. The Kier molecular flexibility index (Phi) is 21.7. The molecular formula is C71H95F6N7O13S. The summed E-state index contributed by atoms with van der Waals surface area (Å²) in [4.78, 5) is 103. The van der Waals surface area contributed by atoms with E-state index in [9.17, 15) is 54.7 Å². The number of Topliss-reactive ketones (excluding diaryl/α,β-unsaturated/α-hetero) is 1. The fourth-order valence-corrected chi connectivity index (χ4v) is 15.4. The van der Waals surface area contributed by atoms with Gasteiger partial charge in [-0.15, -0.1) is 0 Å². The van der Waals surface area contributed by atoms with Gasteiger partial charge in [0, 0.05) is 30.6 Å². The zero-order chi connectivity index (χ0) is 70.4. The maximum Gasteiger partial charge on any atom is 0.411 e. The molecule has 0 radical (unpaired) electrons. The van der Waals surface area contributed by atoms with Gasteiger partial charge in [-0.3, -0.25) is 28.8 Å². The molecule has 11 rings (SSSR count). The number of hydrogen-bond donors (Lipinski definition) is 1. The van der Waals surface area contributed by atoms with Crippen LogP contribution in [0.5, 0.6) is 11.8 Å². The molecule has 2 aromatic heterocycles. The first-order valence-electron chi connectivity index (χ1n) is 32.9. The van der Waals surface area contributed by atoms with Crippen LogP contribution >= 0.6 is 0 Å². The number of benzene rings is 2. The average Bonchev–Trinajstić information content (AvgIpc) is 1.58. The maximum absolute atomic E-state index is 16.4. The van der Waals surface area contributed by atoms with E-state index in [2.05, 4.69) is 26.5 Å². The van der Waals surface area contributed by atoms with E-state index < -0.39 is 187 Å². The summed E-state index contributed by atoms with van der Waals surface area (Å²) in [5, 5.41) is 0. The van der Waals surface area contributed by atoms with Gasteiger partial charge in [0.1, 0.15) is 35.6 Å². The Morgan fingerprint density at radius 2 is 1.37 bits per heavy atom. The molecule has 4 aromatic rings. The molecule has 5 heterocycles. The summed E-state index contributed by atoms with van der Waals surface area (Å²) in [6, 6.07) is 10.5. The second-order valence-electron chi connectivity index (χ2n) is 30.6. The van der Waals surface area contributed by atoms with Crippen LogP contribution in [-0.4, -0.2) is 140 Å². The third kappa shape index (κ3) is 16.0. The number of sulfonamides is 1. The normalized spacial score (nSPS) is 29.1. The summed E-state index contributed by atoms with van der Waals surface area (Å²) in [5.41, 5.74) is -4.85. The lowest BCUT2D eigenvalue weighted by Crippen LogP contribution is -2.50. The smallest absolute Gasteiger partial charge is 0.411 e. The lowest BCUT2D eigenvalue weighted by atomic mass is 9.77. The molecule has 7 aliphatic rings. The molecule has 0 unspecified atom stereocenters. The van der Waals surface area contributed by atoms with Gasteiger partial charge < -0.3 is 28.6 Å². The average molecular weight is 1400 g/mol. The van der Waals surface area contributed by atoms with Crippen molar-refractivity contribution in [3.63, 3.8) is 0 Å². The number of allylic oxidation sites excluding steroid dienone is 1. The number of nitrogens with one attached hydrogen (secondary N) is 1. The van der Waals surface area contributed by atoms with E-state index in [1.54, 1.807) is 125 Å². The number of carbonyl (C=O) groups is 6. The summed E-state index contributed by atoms with van der Waals surface area (Å²) >= 11 is 0. The first-order valence-corrected chi connectivity index (χ1v) is 34.4. The summed E-state index contributed by atoms with van der Waals surface area (Å²) in [5.74, 6) is -15.3. The number of likely N-dealkylation sites (tertiary alicyclic amines) is 1. The highest BCUT2D eigenvalue weighted by Crippen LogP contribution is 2.60. The molecule has 4 saturated carbocycles. The number of fused-ring (bicyclic) bond motifs is 8. The van der Waals surface area contributed by atoms with Crippen molar-refractivity contribution >= 4 is 67.7 Å². The molecule has 20 nitrogen and oxygen atoms in total. The largest absolute Gasteiger partial charge is 0.471 e. The van der Waals surface area contributed by atoms with E-state index in [-0.39, 0.29) is 76.1 Å². The standard InChI is InChI=1S/C43H54F4N4O8S.C26H33F2N3O5.2CH4/c1-22-32-21-51(34(22)30(52)20-42(19-27(42)36(44)45)39(55)50-60(56,57)41(5)14-15-41)38(54)26(40(2,3)4)18-33(53)58-31-17-23-16-25(23)24(31)10-8-9-13-43(46,47)35-37(59-32)49-29-12-7-6-11-28(29)48-35;1-9-26(27,28)20-21(30-17-13-11-10-12-16(17)29-20)34-18-14-31(23(33)36-25(6,7)8)19(15(18)2)22(32)35-24(3,4)5;;/h6-7,11-12,22-27,31-32,34,36H,8-10,13-21H2,1-5H3,(H,50,55);9-13,15,18-19H,1,14H2,2-8H3;2*1H4/t22-,23+,24-,25+,26-,27+,31-,32+,34+,42-;15-,18+,19+;;/m11../s1. The van der Waals surface area contributed by atoms with E-state index in [0.29, 0.717) is 42.7 Å². The molecule has 13 atom stereocenters. The van der Waals surface area contributed by atoms with Gasteiger partial charge in [-0.05, 0) is 147 Å². The maximum atomic E-state index is 16.4. The van der Waals surface area contributed by atoms with Crippen LogP contribution in [0.4, 0.5) is 31.1 Å². The SMILES string of the molecule is C.C.C=CC(F)(F)c1nc2ccccc2nc1O[C@H]1CN(C(=O)OC(C)(C)C)[C@H](C(=O)OC(C)(C)C)[C@@H]1C.C[C@@H]1[C@@H]2CN(C(=O)[C@H](C(C)(C)C)CC(=O)O[C@@H]3C[C@@H]4C[C@@H]4[C@H]3CCCCC(F)(F)c3nc4ccccc4nc3O2)[C@@H]1C(=O)C[C@]1(C(=O)NS(=O)(=O)C2(C)CC2)C[C@H]1C(F)F. The topological polar surface area (TPSA) is 253 Å². The molecule has 0 spiro atoms. The molecule has 4 aliphatic carbocycles. The molecule has 540 valence electrons. The van der Waals surface area contributed by atoms with Crippen LogP contribution in [0.3, 0.4) is 0 Å². The number of aromatic nitrogens is 4. The van der Waals surface area contributed by atoms with Crippen molar-refractivity contribution in [2.75, 3.05) is 13.1 Å². The number of halogens is 6. The Morgan fingerprint density at radius 1 is 0.776 bits per heavy atom. The van der Waals surface area contributed by atoms with Gasteiger partial charge >= 0.3 is 24.0 Å². The molecule has 3 amide bonds. The van der Waals surface area contributed by atoms with Gasteiger partial charge in [-0.25, -0.2) is 46.7 Å². The number of hydrogen-bond acceptors (Lipinski definition) is 17. The molecule has 2 bridgehead atoms. The zero-order valence-electron chi connectivity index (χ0n) is 56.3. The summed E-state index contributed by atoms with van der Waals surface area (Å²) in [6.45, 7) is 23.0. The lowest BCUT2D eigenvalue weighted by Gasteiger charge is -2.35. The molecule has 2 aromatic carbocycles. The monoisotopic (exact) mass is 1400 g/mol. The minimum atomic E-state index is -4.25. The van der Waals surface area contributed by atoms with Crippen molar-refractivity contribution in [3.8, 4) is 11.8 Å². The number of nitrogens with zero attached hydrogens (tertiary/aromatic N) is 6. The molecule has 98 heavy (non-hydrogen) atoms. The van der Waals surface area contributed by atoms with Gasteiger partial charge in [-0.1, -0.05) is 86.7 Å². The van der Waals surface area contributed by atoms with Crippen LogP contribution in [0.2, 0.25) is 0 Å². The van der Waals surface area contributed by atoms with Gasteiger partial charge in [0.25, 0.3) is 5.92 Å². The van der Waals surface area contributed by atoms with Crippen molar-refractivity contribution in [3.05, 3.63) is 72.6 Å². The number of esters is 2. The quantitative estimate of drug-likeness (QED) is 0.0599. The highest BCUT2D eigenvalue weighted by Gasteiger charge is 2.67. The molecule has 27 heteroatoms. The third-order valence-corrected chi connectivity index (χ3v) is 22.2. The Morgan fingerprint density at radius 3 is 1.93 bits per heavy atom. The van der Waals surface area contributed by atoms with E-state index in [1.165, 1.54) is 16.7 Å². The molecule has 6 fully saturated rings. The summed E-state index contributed by atoms with van der Waals surface area (Å²) < 4.78 is 147. The summed E-state index contributed by atoms with van der Waals surface area (Å²) in [7, 11) is -4.25. The Balaban J connectivity index is 0.000000277. The van der Waals surface area contributed by atoms with Crippen molar-refractivity contribution in [1.82, 2.24) is 34.5 Å². The van der Waals surface area contributed by atoms with E-state index in [0.717, 1.165) is 6.42 Å². The Labute approximate surface area is 569 Å². The molecular weight excluding hydrogens is 1300 g/mol. The fourth-order valence-electron chi connectivity index (χ4n) is 14.0. The fraction of sp³-hybridized carbons (Fsp3) is 0.662. The van der Waals surface area contributed by atoms with Gasteiger partial charge in [0.15, 0.2) is 17.2 Å². The third-order valence-electron chi connectivity index (χ3n) is 20.0. The van der Waals surface area contributed by atoms with Gasteiger partial charge in [0.05, 0.1) is 63.7 Å². The number of para-hydroxylation sites is 4. The second-order valence-corrected chi connectivity index (χ2v) is 32.8. The zero-order valence-corrected chi connectivity index (χ0v) is 57.1. The highest BCUT2D eigenvalue weighted by atomic mass is 32.2. The predicted octanol–water partition coefficient (Wildman–Crippen LogP) is 13.3. The van der Waals surface area contributed by atoms with E-state index in [1.807, 2.05) is 4.72 Å². The molecule has 3 aliphatic heterocycles. The van der Waals surface area contributed by atoms with Crippen molar-refractivity contribution in [2.45, 2.75) is 233 Å². The number of amides is 3. The van der Waals surface area contributed by atoms with Crippen LogP contribution in [0.1, 0.15) is 180 Å². The number of carbonyl (C=O) groups excluding carboxylic acids is 6. The van der Waals surface area contributed by atoms with Crippen molar-refractivity contribution in [2.24, 2.45) is 52.3 Å². The molecule has 2 saturated heterocycles. The predicted molar refractivity (Wildman–Crippen MR) is 352 cm³/mol. The number of alkyl halides is 6. The number of rotatable bonds is 12. The number of ketones is 1. The van der Waals surface area contributed by atoms with E-state index >= 15 is 8.78 Å². The molecule has 1 N–H and O–H groups in total. The van der Waals surface area contributed by atoms with Gasteiger partial charge in [0.2, 0.25) is 40.0 Å². The van der Waals surface area contributed by atoms with Crippen LogP contribution < -0.4 is 14.2 Å². The highest BCUT2D eigenvalue weighted by molar-refractivity contribution is 7.91. The van der Waals surface area contributed by atoms with Crippen LogP contribution in [0.15, 0.2) is 61.2 Å². The van der Waals surface area contributed by atoms with Crippen LogP contribution in [0.25, 0.3) is 22.1 Å². The van der Waals surface area contributed by atoms with E-state index in [4.69, 9.17) is 23.7 Å². The Hall–Kier alpha value is -7.19. The van der Waals surface area contributed by atoms with Crippen molar-refractivity contribution < 1.29 is 87.2 Å². The van der Waals surface area contributed by atoms with Crippen LogP contribution in [-0.2, 0) is 60.1 Å². The second kappa shape index (κ2) is 27.7. The first-order chi connectivity index (χ1) is 44.6. The van der Waals surface area contributed by atoms with Gasteiger partial charge in [-0.2, -0.15) is 17.6 Å². The van der Waals surface area contributed by atoms with Crippen LogP contribution in [0, 0.1) is 52.3 Å². The Bertz CT molecular complexity index is 3820. The minimum Gasteiger partial charge on any atom is -0.471 e. The van der Waals surface area contributed by atoms with Crippen molar-refractivity contribution in [1.29, 1.82) is 0 Å².